The summed E-state index contributed by atoms with van der Waals surface area (Å²) in [5.74, 6) is -1.07. The summed E-state index contributed by atoms with van der Waals surface area (Å²) >= 11 is 6.06. The number of halogens is 1. The lowest BCUT2D eigenvalue weighted by atomic mass is 9.94. The van der Waals surface area contributed by atoms with Crippen LogP contribution in [0.25, 0.3) is 10.9 Å². The number of Topliss-reactive ketones (excluding diaryl/α,β-unsaturated/α-hetero) is 1. The summed E-state index contributed by atoms with van der Waals surface area (Å²) in [6.07, 6.45) is 9.87. The summed E-state index contributed by atoms with van der Waals surface area (Å²) in [6.45, 7) is 1.81. The topological polar surface area (TPSA) is 72.2 Å². The number of fused-ring (bicyclic) bond motifs is 1. The van der Waals surface area contributed by atoms with Gasteiger partial charge >= 0.3 is 5.97 Å². The molecule has 1 atom stereocenters. The minimum absolute atomic E-state index is 0.00326. The Morgan fingerprint density at radius 3 is 2.56 bits per heavy atom. The average Bonchev–Trinajstić information content (AvgIpc) is 3.02. The predicted molar refractivity (Wildman–Crippen MR) is 128 cm³/mol. The van der Waals surface area contributed by atoms with Crippen molar-refractivity contribution in [2.24, 2.45) is 13.0 Å². The van der Waals surface area contributed by atoms with Crippen LogP contribution in [0.1, 0.15) is 67.1 Å². The number of nitrogens with zero attached hydrogens (tertiary/aromatic N) is 2. The van der Waals surface area contributed by atoms with Crippen LogP contribution < -0.4 is 0 Å². The van der Waals surface area contributed by atoms with Gasteiger partial charge in [0.1, 0.15) is 0 Å². The molecule has 0 saturated heterocycles. The monoisotopic (exact) mass is 454 g/mol. The second-order valence-corrected chi connectivity index (χ2v) is 9.08. The fourth-order valence-electron chi connectivity index (χ4n) is 4.40. The van der Waals surface area contributed by atoms with Crippen LogP contribution in [0.3, 0.4) is 0 Å². The van der Waals surface area contributed by atoms with E-state index in [1.807, 2.05) is 38.2 Å². The Bertz CT molecular complexity index is 1090. The molecule has 6 heteroatoms. The first kappa shape index (κ1) is 24.0. The van der Waals surface area contributed by atoms with E-state index in [0.29, 0.717) is 5.56 Å². The zero-order chi connectivity index (χ0) is 23.1. The highest BCUT2D eigenvalue weighted by Gasteiger charge is 2.23. The third kappa shape index (κ3) is 6.19. The molecule has 0 aliphatic carbocycles. The number of aliphatic carboxylic acids is 1. The number of rotatable bonds is 12. The molecule has 0 fully saturated rings. The van der Waals surface area contributed by atoms with Crippen molar-refractivity contribution >= 4 is 34.3 Å². The molecule has 0 unspecified atom stereocenters. The Labute approximate surface area is 194 Å². The summed E-state index contributed by atoms with van der Waals surface area (Å²) in [4.78, 5) is 28.4. The van der Waals surface area contributed by atoms with Crippen molar-refractivity contribution in [1.29, 1.82) is 0 Å². The zero-order valence-corrected chi connectivity index (χ0v) is 19.6. The maximum atomic E-state index is 13.2. The van der Waals surface area contributed by atoms with Gasteiger partial charge in [0, 0.05) is 53.9 Å². The van der Waals surface area contributed by atoms with Crippen LogP contribution in [0.15, 0.2) is 42.7 Å². The van der Waals surface area contributed by atoms with Crippen LogP contribution in [0.2, 0.25) is 5.02 Å². The van der Waals surface area contributed by atoms with Gasteiger partial charge in [-0.15, -0.1) is 0 Å². The van der Waals surface area contributed by atoms with Gasteiger partial charge in [-0.05, 0) is 55.4 Å². The molecule has 5 nitrogen and oxygen atoms in total. The van der Waals surface area contributed by atoms with Gasteiger partial charge in [-0.1, -0.05) is 43.5 Å². The Morgan fingerprint density at radius 1 is 1.09 bits per heavy atom. The first-order chi connectivity index (χ1) is 15.4. The van der Waals surface area contributed by atoms with Crippen LogP contribution in [0, 0.1) is 5.92 Å². The van der Waals surface area contributed by atoms with Gasteiger partial charge in [-0.3, -0.25) is 14.6 Å². The molecule has 3 rings (SSSR count). The fraction of sp³-hybridized carbons (Fsp3) is 0.423. The molecular weight excluding hydrogens is 424 g/mol. The Kier molecular flexibility index (Phi) is 8.46. The zero-order valence-electron chi connectivity index (χ0n) is 18.8. The highest BCUT2D eigenvalue weighted by molar-refractivity contribution is 6.30. The van der Waals surface area contributed by atoms with E-state index < -0.39 is 5.97 Å². The fourth-order valence-corrected chi connectivity index (χ4v) is 4.61. The second-order valence-electron chi connectivity index (χ2n) is 8.65. The number of benzene rings is 1. The first-order valence-corrected chi connectivity index (χ1v) is 11.6. The highest BCUT2D eigenvalue weighted by Crippen LogP contribution is 2.29. The summed E-state index contributed by atoms with van der Waals surface area (Å²) in [7, 11) is 1.99. The molecule has 170 valence electrons. The number of carbonyl (C=O) groups is 2. The molecule has 0 aliphatic rings. The molecular formula is C26H31ClN2O3. The standard InChI is InChI=1S/C26H31ClN2O3/c1-18(15-25(31)32)14-24(30)26-21-17-28-13-12-22(21)29(2)23(26)11-6-4-3-5-8-19-9-7-10-20(27)16-19/h7,9-10,12-13,16-18H,3-6,8,11,14-15H2,1-2H3,(H,31,32)/t18-/m0/s1. The summed E-state index contributed by atoms with van der Waals surface area (Å²) in [5, 5.41) is 10.7. The highest BCUT2D eigenvalue weighted by atomic mass is 35.5. The smallest absolute Gasteiger partial charge is 0.303 e. The third-order valence-electron chi connectivity index (χ3n) is 5.98. The number of carboxylic acid groups (broad SMARTS) is 1. The van der Waals surface area contributed by atoms with E-state index in [1.165, 1.54) is 5.56 Å². The molecule has 2 aromatic heterocycles. The van der Waals surface area contributed by atoms with Gasteiger partial charge < -0.3 is 9.67 Å². The molecule has 1 N–H and O–H groups in total. The van der Waals surface area contributed by atoms with Crippen LogP contribution in [-0.4, -0.2) is 26.4 Å². The van der Waals surface area contributed by atoms with E-state index >= 15 is 0 Å². The lowest BCUT2D eigenvalue weighted by molar-refractivity contribution is -0.137. The number of aryl methyl sites for hydroxylation is 2. The number of pyridine rings is 1. The summed E-state index contributed by atoms with van der Waals surface area (Å²) in [6, 6.07) is 9.95. The molecule has 0 saturated carbocycles. The van der Waals surface area contributed by atoms with E-state index in [1.54, 1.807) is 12.4 Å². The van der Waals surface area contributed by atoms with Crippen LogP contribution >= 0.6 is 11.6 Å². The molecule has 0 radical (unpaired) electrons. The molecule has 2 heterocycles. The first-order valence-electron chi connectivity index (χ1n) is 11.3. The maximum Gasteiger partial charge on any atom is 0.303 e. The van der Waals surface area contributed by atoms with E-state index in [-0.39, 0.29) is 24.5 Å². The Hall–Kier alpha value is -2.66. The van der Waals surface area contributed by atoms with Gasteiger partial charge in [0.15, 0.2) is 5.78 Å². The van der Waals surface area contributed by atoms with Crippen molar-refractivity contribution in [2.75, 3.05) is 0 Å². The van der Waals surface area contributed by atoms with Crippen LogP contribution in [0.5, 0.6) is 0 Å². The molecule has 1 aromatic carbocycles. The quantitative estimate of drug-likeness (QED) is 0.259. The molecule has 32 heavy (non-hydrogen) atoms. The van der Waals surface area contributed by atoms with E-state index in [2.05, 4.69) is 15.6 Å². The average molecular weight is 455 g/mol. The molecule has 0 bridgehead atoms. The number of hydrogen-bond donors (Lipinski definition) is 1. The number of carboxylic acids is 1. The predicted octanol–water partition coefficient (Wildman–Crippen LogP) is 6.26. The summed E-state index contributed by atoms with van der Waals surface area (Å²) in [5.41, 5.74) is 3.99. The molecule has 3 aromatic rings. The SMILES string of the molecule is C[C@H](CC(=O)O)CC(=O)c1c(CCCCCCc2cccc(Cl)c2)n(C)c2ccncc12. The van der Waals surface area contributed by atoms with Gasteiger partial charge in [0.25, 0.3) is 0 Å². The van der Waals surface area contributed by atoms with Gasteiger partial charge in [-0.2, -0.15) is 0 Å². The number of aromatic nitrogens is 2. The van der Waals surface area contributed by atoms with Gasteiger partial charge in [-0.25, -0.2) is 0 Å². The van der Waals surface area contributed by atoms with E-state index in [4.69, 9.17) is 16.7 Å². The Balaban J connectivity index is 1.63. The molecule has 0 amide bonds. The third-order valence-corrected chi connectivity index (χ3v) is 6.21. The van der Waals surface area contributed by atoms with Crippen molar-refractivity contribution in [3.05, 3.63) is 64.6 Å². The van der Waals surface area contributed by atoms with Crippen molar-refractivity contribution in [1.82, 2.24) is 9.55 Å². The largest absolute Gasteiger partial charge is 0.481 e. The van der Waals surface area contributed by atoms with Crippen molar-refractivity contribution in [3.63, 3.8) is 0 Å². The van der Waals surface area contributed by atoms with Gasteiger partial charge in [0.2, 0.25) is 0 Å². The van der Waals surface area contributed by atoms with Crippen LogP contribution in [0.4, 0.5) is 0 Å². The van der Waals surface area contributed by atoms with Crippen molar-refractivity contribution in [2.45, 2.75) is 58.3 Å². The Morgan fingerprint density at radius 2 is 1.84 bits per heavy atom. The lowest BCUT2D eigenvalue weighted by Crippen LogP contribution is -2.12. The molecule has 0 spiro atoms. The minimum atomic E-state index is -0.872. The van der Waals surface area contributed by atoms with Crippen LogP contribution in [-0.2, 0) is 24.7 Å². The second kappa shape index (κ2) is 11.3. The van der Waals surface area contributed by atoms with Crippen molar-refractivity contribution in [3.8, 4) is 0 Å². The van der Waals surface area contributed by atoms with E-state index in [9.17, 15) is 9.59 Å². The summed E-state index contributed by atoms with van der Waals surface area (Å²) < 4.78 is 2.10. The van der Waals surface area contributed by atoms with Gasteiger partial charge in [0.05, 0.1) is 5.52 Å². The minimum Gasteiger partial charge on any atom is -0.481 e. The number of hydrogen-bond acceptors (Lipinski definition) is 3. The normalized spacial score (nSPS) is 12.2. The molecule has 0 aliphatic heterocycles. The maximum absolute atomic E-state index is 13.2. The number of unbranched alkanes of at least 4 members (excludes halogenated alkanes) is 3. The number of ketones is 1. The van der Waals surface area contributed by atoms with Crippen molar-refractivity contribution < 1.29 is 14.7 Å². The lowest BCUT2D eigenvalue weighted by Gasteiger charge is -2.11. The number of carbonyl (C=O) groups excluding carboxylic acids is 1. The van der Waals surface area contributed by atoms with E-state index in [0.717, 1.165) is 60.1 Å².